The van der Waals surface area contributed by atoms with Gasteiger partial charge < -0.3 is 20.4 Å². The van der Waals surface area contributed by atoms with Crippen LogP contribution >= 0.6 is 35.3 Å². The molecule has 2 fully saturated rings. The Morgan fingerprint density at radius 1 is 1.24 bits per heavy atom. The Balaban J connectivity index is 0.00000225. The molecule has 0 saturated carbocycles. The molecule has 0 amide bonds. The molecular weight excluding hydrogens is 447 g/mol. The highest BCUT2D eigenvalue weighted by molar-refractivity contribution is 14.0. The van der Waals surface area contributed by atoms with E-state index in [9.17, 15) is 0 Å². The Hall–Kier alpha value is -0.610. The molecule has 142 valence electrons. The highest BCUT2D eigenvalue weighted by Gasteiger charge is 2.20. The number of likely N-dealkylation sites (tertiary alicyclic amines) is 1. The van der Waals surface area contributed by atoms with E-state index in [1.807, 2.05) is 11.6 Å². The van der Waals surface area contributed by atoms with Crippen molar-refractivity contribution < 1.29 is 0 Å². The summed E-state index contributed by atoms with van der Waals surface area (Å²) in [5.74, 6) is 1.61. The summed E-state index contributed by atoms with van der Waals surface area (Å²) in [6.07, 6.45) is 5.66. The second-order valence-corrected chi connectivity index (χ2v) is 7.78. The molecule has 0 atom stereocenters. The summed E-state index contributed by atoms with van der Waals surface area (Å²) < 4.78 is 0. The molecule has 0 spiro atoms. The van der Waals surface area contributed by atoms with Gasteiger partial charge in [0, 0.05) is 44.3 Å². The number of piperazine rings is 1. The first-order chi connectivity index (χ1) is 11.7. The summed E-state index contributed by atoms with van der Waals surface area (Å²) in [4.78, 5) is 16.1. The number of guanidine groups is 1. The fraction of sp³-hybridized carbons (Fsp3) is 0.765. The van der Waals surface area contributed by atoms with Crippen molar-refractivity contribution in [1.29, 1.82) is 0 Å². The van der Waals surface area contributed by atoms with E-state index in [1.54, 1.807) is 11.3 Å². The molecule has 0 radical (unpaired) electrons. The standard InChI is InChI=1S/C17H30N6S.HI/c1-15-3-8-21(9-4-15)7-2-5-19-16(18)22-10-12-23(13-11-22)17-20-6-14-24-17;/h6,14-15H,2-5,7-13H2,1H3,(H2,18,19);1H. The third kappa shape index (κ3) is 6.25. The smallest absolute Gasteiger partial charge is 0.191 e. The molecule has 2 aliphatic rings. The first-order valence-electron chi connectivity index (χ1n) is 9.14. The van der Waals surface area contributed by atoms with Gasteiger partial charge in [0.05, 0.1) is 0 Å². The number of halogens is 1. The van der Waals surface area contributed by atoms with E-state index in [0.717, 1.165) is 56.7 Å². The van der Waals surface area contributed by atoms with Crippen molar-refractivity contribution in [2.75, 3.05) is 57.3 Å². The SMILES string of the molecule is CC1CCN(CCCN=C(N)N2CCN(c3nccs3)CC2)CC1.I. The summed E-state index contributed by atoms with van der Waals surface area (Å²) in [7, 11) is 0. The largest absolute Gasteiger partial charge is 0.370 e. The average Bonchev–Trinajstić information content (AvgIpc) is 3.15. The molecule has 2 aliphatic heterocycles. The van der Waals surface area contributed by atoms with Crippen LogP contribution in [0, 0.1) is 5.92 Å². The number of piperidine rings is 1. The van der Waals surface area contributed by atoms with Crippen molar-refractivity contribution in [1.82, 2.24) is 14.8 Å². The number of rotatable bonds is 5. The number of hydrogen-bond acceptors (Lipinski definition) is 5. The van der Waals surface area contributed by atoms with Crippen LogP contribution in [0.2, 0.25) is 0 Å². The van der Waals surface area contributed by atoms with Crippen LogP contribution in [-0.4, -0.2) is 73.1 Å². The summed E-state index contributed by atoms with van der Waals surface area (Å²) in [5, 5.41) is 3.14. The maximum atomic E-state index is 6.18. The Bertz CT molecular complexity index is 507. The zero-order valence-electron chi connectivity index (χ0n) is 15.1. The van der Waals surface area contributed by atoms with E-state index < -0.39 is 0 Å². The van der Waals surface area contributed by atoms with Crippen molar-refractivity contribution in [2.45, 2.75) is 26.2 Å². The molecule has 2 N–H and O–H groups in total. The molecule has 0 bridgehead atoms. The third-order valence-electron chi connectivity index (χ3n) is 5.08. The highest BCUT2D eigenvalue weighted by Crippen LogP contribution is 2.19. The van der Waals surface area contributed by atoms with Gasteiger partial charge in [-0.2, -0.15) is 0 Å². The lowest BCUT2D eigenvalue weighted by atomic mass is 9.99. The molecular formula is C17H31IN6S. The minimum Gasteiger partial charge on any atom is -0.370 e. The summed E-state index contributed by atoms with van der Waals surface area (Å²) >= 11 is 1.70. The molecule has 0 aliphatic carbocycles. The van der Waals surface area contributed by atoms with Gasteiger partial charge in [-0.1, -0.05) is 6.92 Å². The predicted molar refractivity (Wildman–Crippen MR) is 117 cm³/mol. The lowest BCUT2D eigenvalue weighted by Crippen LogP contribution is -2.51. The maximum Gasteiger partial charge on any atom is 0.191 e. The number of aliphatic imine (C=N–C) groups is 1. The Morgan fingerprint density at radius 2 is 1.96 bits per heavy atom. The highest BCUT2D eigenvalue weighted by atomic mass is 127. The summed E-state index contributed by atoms with van der Waals surface area (Å²) in [6, 6.07) is 0. The van der Waals surface area contributed by atoms with Crippen molar-refractivity contribution in [3.05, 3.63) is 11.6 Å². The zero-order valence-corrected chi connectivity index (χ0v) is 18.3. The normalized spacial score (nSPS) is 20.6. The summed E-state index contributed by atoms with van der Waals surface area (Å²) in [5.41, 5.74) is 6.18. The van der Waals surface area contributed by atoms with Crippen molar-refractivity contribution in [3.63, 3.8) is 0 Å². The fourth-order valence-electron chi connectivity index (χ4n) is 3.37. The van der Waals surface area contributed by atoms with Crippen LogP contribution < -0.4 is 10.6 Å². The van der Waals surface area contributed by atoms with Crippen LogP contribution in [0.25, 0.3) is 0 Å². The minimum atomic E-state index is 0. The Morgan fingerprint density at radius 3 is 2.60 bits per heavy atom. The van der Waals surface area contributed by atoms with Crippen molar-refractivity contribution in [2.24, 2.45) is 16.6 Å². The van der Waals surface area contributed by atoms with E-state index in [2.05, 4.69) is 31.6 Å². The first kappa shape index (κ1) is 20.7. The van der Waals surface area contributed by atoms with E-state index >= 15 is 0 Å². The maximum absolute atomic E-state index is 6.18. The molecule has 3 rings (SSSR count). The van der Waals surface area contributed by atoms with Gasteiger partial charge in [0.1, 0.15) is 0 Å². The quantitative estimate of drug-likeness (QED) is 0.305. The van der Waals surface area contributed by atoms with Gasteiger partial charge >= 0.3 is 0 Å². The monoisotopic (exact) mass is 478 g/mol. The Labute approximate surface area is 172 Å². The molecule has 25 heavy (non-hydrogen) atoms. The van der Waals surface area contributed by atoms with Gasteiger partial charge in [0.15, 0.2) is 11.1 Å². The van der Waals surface area contributed by atoms with Gasteiger partial charge in [-0.15, -0.1) is 35.3 Å². The van der Waals surface area contributed by atoms with Crippen molar-refractivity contribution in [3.8, 4) is 0 Å². The number of nitrogens with zero attached hydrogens (tertiary/aromatic N) is 5. The molecule has 2 saturated heterocycles. The number of anilines is 1. The first-order valence-corrected chi connectivity index (χ1v) is 10.0. The number of nitrogens with two attached hydrogens (primary N) is 1. The van der Waals surface area contributed by atoms with Crippen LogP contribution in [0.1, 0.15) is 26.2 Å². The van der Waals surface area contributed by atoms with Crippen LogP contribution in [0.15, 0.2) is 16.6 Å². The molecule has 8 heteroatoms. The van der Waals surface area contributed by atoms with Gasteiger partial charge in [0.25, 0.3) is 0 Å². The second-order valence-electron chi connectivity index (χ2n) is 6.91. The van der Waals surface area contributed by atoms with Crippen LogP contribution in [-0.2, 0) is 0 Å². The van der Waals surface area contributed by atoms with Crippen molar-refractivity contribution >= 4 is 46.4 Å². The third-order valence-corrected chi connectivity index (χ3v) is 5.91. The molecule has 0 aromatic carbocycles. The van der Waals surface area contributed by atoms with Gasteiger partial charge in [0.2, 0.25) is 0 Å². The lowest BCUT2D eigenvalue weighted by molar-refractivity contribution is 0.191. The van der Waals surface area contributed by atoms with E-state index in [4.69, 9.17) is 5.73 Å². The zero-order chi connectivity index (χ0) is 16.8. The van der Waals surface area contributed by atoms with E-state index in [1.165, 1.54) is 25.9 Å². The molecule has 0 unspecified atom stereocenters. The van der Waals surface area contributed by atoms with E-state index in [0.29, 0.717) is 5.96 Å². The van der Waals surface area contributed by atoms with Crippen LogP contribution in [0.3, 0.4) is 0 Å². The lowest BCUT2D eigenvalue weighted by Gasteiger charge is -2.35. The van der Waals surface area contributed by atoms with Crippen LogP contribution in [0.4, 0.5) is 5.13 Å². The van der Waals surface area contributed by atoms with Crippen LogP contribution in [0.5, 0.6) is 0 Å². The molecule has 1 aromatic heterocycles. The predicted octanol–water partition coefficient (Wildman–Crippen LogP) is 2.32. The van der Waals surface area contributed by atoms with E-state index in [-0.39, 0.29) is 24.0 Å². The fourth-order valence-corrected chi connectivity index (χ4v) is 4.07. The van der Waals surface area contributed by atoms with Gasteiger partial charge in [-0.05, 0) is 44.8 Å². The Kier molecular flexibility index (Phi) is 8.71. The molecule has 1 aromatic rings. The number of thiazole rings is 1. The number of aromatic nitrogens is 1. The van der Waals surface area contributed by atoms with Gasteiger partial charge in [-0.3, -0.25) is 4.99 Å². The summed E-state index contributed by atoms with van der Waals surface area (Å²) in [6.45, 7) is 10.6. The molecule has 6 nitrogen and oxygen atoms in total. The van der Waals surface area contributed by atoms with Gasteiger partial charge in [-0.25, -0.2) is 4.98 Å². The number of hydrogen-bond donors (Lipinski definition) is 1. The second kappa shape index (κ2) is 10.5. The average molecular weight is 478 g/mol. The molecule has 3 heterocycles. The minimum absolute atomic E-state index is 0. The topological polar surface area (TPSA) is 61.0 Å².